The molecule has 0 spiro atoms. The predicted molar refractivity (Wildman–Crippen MR) is 101 cm³/mol. The number of benzene rings is 1. The van der Waals surface area contributed by atoms with Gasteiger partial charge in [0.05, 0.1) is 12.7 Å². The van der Waals surface area contributed by atoms with Crippen LogP contribution in [0.5, 0.6) is 5.75 Å². The van der Waals surface area contributed by atoms with Crippen molar-refractivity contribution in [2.45, 2.75) is 17.2 Å². The first-order valence-corrected chi connectivity index (χ1v) is 10.8. The second-order valence-corrected chi connectivity index (χ2v) is 9.02. The number of sulfonamides is 1. The molecule has 8 heteroatoms. The molecule has 1 aliphatic rings. The van der Waals surface area contributed by atoms with Crippen LogP contribution in [0.2, 0.25) is 0 Å². The highest BCUT2D eigenvalue weighted by Crippen LogP contribution is 2.26. The molecule has 6 nitrogen and oxygen atoms in total. The van der Waals surface area contributed by atoms with E-state index in [0.29, 0.717) is 37.0 Å². The van der Waals surface area contributed by atoms with E-state index in [1.54, 1.807) is 17.5 Å². The Morgan fingerprint density at radius 3 is 2.42 bits per heavy atom. The fourth-order valence-electron chi connectivity index (χ4n) is 3.02. The van der Waals surface area contributed by atoms with E-state index in [2.05, 4.69) is 6.07 Å². The number of hydrogen-bond acceptors (Lipinski definition) is 6. The van der Waals surface area contributed by atoms with Crippen molar-refractivity contribution < 1.29 is 13.2 Å². The molecule has 1 unspecified atom stereocenters. The molecule has 26 heavy (non-hydrogen) atoms. The van der Waals surface area contributed by atoms with Crippen LogP contribution in [0.1, 0.15) is 18.5 Å². The van der Waals surface area contributed by atoms with Gasteiger partial charge in [-0.05, 0) is 36.1 Å². The molecule has 1 atom stereocenters. The summed E-state index contributed by atoms with van der Waals surface area (Å²) in [6.45, 7) is 4.34. The number of nitrogens with zero attached hydrogens (tertiary/aromatic N) is 3. The molecule has 0 saturated carbocycles. The number of rotatable bonds is 6. The van der Waals surface area contributed by atoms with Gasteiger partial charge < -0.3 is 4.74 Å². The van der Waals surface area contributed by atoms with Gasteiger partial charge in [0.1, 0.15) is 16.0 Å². The molecule has 0 N–H and O–H groups in total. The van der Waals surface area contributed by atoms with Crippen molar-refractivity contribution in [1.29, 1.82) is 5.26 Å². The van der Waals surface area contributed by atoms with Gasteiger partial charge in [0.2, 0.25) is 0 Å². The Bertz CT molecular complexity index is 850. The summed E-state index contributed by atoms with van der Waals surface area (Å²) in [5.41, 5.74) is 0.894. The zero-order chi connectivity index (χ0) is 18.6. The Morgan fingerprint density at radius 1 is 1.19 bits per heavy atom. The zero-order valence-electron chi connectivity index (χ0n) is 14.5. The lowest BCUT2D eigenvalue weighted by Crippen LogP contribution is -2.49. The van der Waals surface area contributed by atoms with E-state index in [4.69, 9.17) is 4.74 Å². The maximum absolute atomic E-state index is 12.6. The topological polar surface area (TPSA) is 73.6 Å². The van der Waals surface area contributed by atoms with Gasteiger partial charge in [-0.25, -0.2) is 8.42 Å². The van der Waals surface area contributed by atoms with Gasteiger partial charge >= 0.3 is 0 Å². The van der Waals surface area contributed by atoms with Crippen molar-refractivity contribution in [3.8, 4) is 11.8 Å². The molecular weight excluding hydrogens is 370 g/mol. The van der Waals surface area contributed by atoms with E-state index in [1.165, 1.54) is 15.6 Å². The van der Waals surface area contributed by atoms with Gasteiger partial charge in [-0.15, -0.1) is 11.3 Å². The highest BCUT2D eigenvalue weighted by molar-refractivity contribution is 7.91. The molecule has 0 aliphatic carbocycles. The molecule has 138 valence electrons. The van der Waals surface area contributed by atoms with Crippen LogP contribution in [0.25, 0.3) is 0 Å². The Hall–Kier alpha value is -1.92. The molecule has 1 saturated heterocycles. The SMILES string of the molecule is CCOc1ccc(C(C#N)N2CCN(S(=O)(=O)c3cccs3)CC2)cc1. The van der Waals surface area contributed by atoms with Crippen molar-refractivity contribution in [3.05, 3.63) is 47.3 Å². The van der Waals surface area contributed by atoms with Gasteiger partial charge in [0.15, 0.2) is 0 Å². The Labute approximate surface area is 158 Å². The van der Waals surface area contributed by atoms with E-state index in [0.717, 1.165) is 11.3 Å². The molecule has 2 heterocycles. The average molecular weight is 392 g/mol. The van der Waals surface area contributed by atoms with Gasteiger partial charge in [0, 0.05) is 26.2 Å². The zero-order valence-corrected chi connectivity index (χ0v) is 16.2. The van der Waals surface area contributed by atoms with Crippen molar-refractivity contribution in [1.82, 2.24) is 9.21 Å². The summed E-state index contributed by atoms with van der Waals surface area (Å²) in [6, 6.07) is 12.8. The first-order valence-electron chi connectivity index (χ1n) is 8.46. The Balaban J connectivity index is 1.67. The second kappa shape index (κ2) is 8.18. The van der Waals surface area contributed by atoms with Crippen LogP contribution in [0.4, 0.5) is 0 Å². The largest absolute Gasteiger partial charge is 0.494 e. The predicted octanol–water partition coefficient (Wildman–Crippen LogP) is 2.72. The quantitative estimate of drug-likeness (QED) is 0.757. The smallest absolute Gasteiger partial charge is 0.252 e. The summed E-state index contributed by atoms with van der Waals surface area (Å²) in [4.78, 5) is 2.02. The molecule has 1 aliphatic heterocycles. The van der Waals surface area contributed by atoms with Gasteiger partial charge in [0.25, 0.3) is 10.0 Å². The number of nitriles is 1. The summed E-state index contributed by atoms with van der Waals surface area (Å²) in [5.74, 6) is 0.778. The van der Waals surface area contributed by atoms with Gasteiger partial charge in [-0.3, -0.25) is 4.90 Å². The second-order valence-electron chi connectivity index (χ2n) is 5.91. The van der Waals surface area contributed by atoms with Crippen LogP contribution in [-0.4, -0.2) is 50.4 Å². The van der Waals surface area contributed by atoms with Crippen molar-refractivity contribution in [2.75, 3.05) is 32.8 Å². The molecule has 2 aromatic rings. The van der Waals surface area contributed by atoms with Crippen molar-refractivity contribution in [3.63, 3.8) is 0 Å². The fourth-order valence-corrected chi connectivity index (χ4v) is 5.59. The molecule has 1 aromatic heterocycles. The maximum Gasteiger partial charge on any atom is 0.252 e. The average Bonchev–Trinajstić information content (AvgIpc) is 3.20. The lowest BCUT2D eigenvalue weighted by Gasteiger charge is -2.36. The summed E-state index contributed by atoms with van der Waals surface area (Å²) >= 11 is 1.23. The monoisotopic (exact) mass is 391 g/mol. The number of piperazine rings is 1. The Morgan fingerprint density at radius 2 is 1.88 bits per heavy atom. The van der Waals surface area contributed by atoms with E-state index in [9.17, 15) is 13.7 Å². The number of ether oxygens (including phenoxy) is 1. The summed E-state index contributed by atoms with van der Waals surface area (Å²) < 4.78 is 32.5. The van der Waals surface area contributed by atoms with Gasteiger partial charge in [-0.1, -0.05) is 18.2 Å². The minimum absolute atomic E-state index is 0.370. The van der Waals surface area contributed by atoms with E-state index >= 15 is 0 Å². The first-order chi connectivity index (χ1) is 12.6. The highest BCUT2D eigenvalue weighted by atomic mass is 32.2. The third-order valence-corrected chi connectivity index (χ3v) is 7.63. The van der Waals surface area contributed by atoms with Gasteiger partial charge in [-0.2, -0.15) is 9.57 Å². The molecule has 3 rings (SSSR count). The lowest BCUT2D eigenvalue weighted by atomic mass is 10.1. The minimum atomic E-state index is -3.43. The molecule has 0 bridgehead atoms. The third kappa shape index (κ3) is 3.91. The van der Waals surface area contributed by atoms with Crippen LogP contribution in [0.3, 0.4) is 0 Å². The third-order valence-electron chi connectivity index (χ3n) is 4.36. The van der Waals surface area contributed by atoms with Crippen LogP contribution in [-0.2, 0) is 10.0 Å². The van der Waals surface area contributed by atoms with Crippen molar-refractivity contribution in [2.24, 2.45) is 0 Å². The lowest BCUT2D eigenvalue weighted by molar-refractivity contribution is 0.162. The summed E-state index contributed by atoms with van der Waals surface area (Å²) in [7, 11) is -3.43. The van der Waals surface area contributed by atoms with Crippen LogP contribution in [0, 0.1) is 11.3 Å². The van der Waals surface area contributed by atoms with E-state index in [-0.39, 0.29) is 0 Å². The maximum atomic E-state index is 12.6. The molecule has 0 radical (unpaired) electrons. The number of thiophene rings is 1. The van der Waals surface area contributed by atoms with Crippen molar-refractivity contribution >= 4 is 21.4 Å². The summed E-state index contributed by atoms with van der Waals surface area (Å²) in [5, 5.41) is 11.4. The van der Waals surface area contributed by atoms with Crippen LogP contribution in [0.15, 0.2) is 46.0 Å². The number of hydrogen-bond donors (Lipinski definition) is 0. The fraction of sp³-hybridized carbons (Fsp3) is 0.389. The normalized spacial score (nSPS) is 17.5. The molecular formula is C18H21N3O3S2. The van der Waals surface area contributed by atoms with E-state index in [1.807, 2.05) is 36.1 Å². The molecule has 0 amide bonds. The van der Waals surface area contributed by atoms with Crippen LogP contribution >= 0.6 is 11.3 Å². The summed E-state index contributed by atoms with van der Waals surface area (Å²) in [6.07, 6.45) is 0. The van der Waals surface area contributed by atoms with Crippen LogP contribution < -0.4 is 4.74 Å². The standard InChI is InChI=1S/C18H21N3O3S2/c1-2-24-16-7-5-15(6-8-16)17(14-19)20-9-11-21(12-10-20)26(22,23)18-4-3-13-25-18/h3-8,13,17H,2,9-12H2,1H3. The molecule has 1 fully saturated rings. The first kappa shape index (κ1) is 18.9. The Kier molecular flexibility index (Phi) is 5.94. The minimum Gasteiger partial charge on any atom is -0.494 e. The van der Waals surface area contributed by atoms with E-state index < -0.39 is 16.1 Å². The highest BCUT2D eigenvalue weighted by Gasteiger charge is 2.32. The molecule has 1 aromatic carbocycles.